The van der Waals surface area contributed by atoms with Crippen LogP contribution in [-0.4, -0.2) is 63.5 Å². The number of pyridine rings is 2. The van der Waals surface area contributed by atoms with Crippen molar-refractivity contribution in [3.05, 3.63) is 35.4 Å². The quantitative estimate of drug-likeness (QED) is 0.411. The van der Waals surface area contributed by atoms with Gasteiger partial charge in [-0.3, -0.25) is 4.79 Å². The summed E-state index contributed by atoms with van der Waals surface area (Å²) < 4.78 is 54.0. The van der Waals surface area contributed by atoms with E-state index in [1.165, 1.54) is 29.8 Å². The third-order valence-corrected chi connectivity index (χ3v) is 10.6. The van der Waals surface area contributed by atoms with Crippen LogP contribution in [0.2, 0.25) is 0 Å². The Hall–Kier alpha value is -2.22. The van der Waals surface area contributed by atoms with Gasteiger partial charge in [-0.2, -0.15) is 0 Å². The molecule has 3 saturated carbocycles. The molecule has 10 nitrogen and oxygen atoms in total. The largest absolute Gasteiger partial charge is 1.00 e. The number of carbonyl (C=O) groups is 1. The Morgan fingerprint density at radius 3 is 2.44 bits per heavy atom. The van der Waals surface area contributed by atoms with E-state index in [1.54, 1.807) is 12.1 Å². The number of hydrogen-bond acceptors (Lipinski definition) is 8. The molecule has 1 aliphatic heterocycles. The maximum Gasteiger partial charge on any atom is 1.00 e. The van der Waals surface area contributed by atoms with Crippen LogP contribution in [0.3, 0.4) is 0 Å². The molecule has 0 aromatic carbocycles. The van der Waals surface area contributed by atoms with Gasteiger partial charge in [-0.05, 0) is 56.1 Å². The van der Waals surface area contributed by atoms with Gasteiger partial charge in [-0.15, -0.1) is 5.10 Å². The number of carbonyl (C=O) groups excluding carboxylic acids is 1. The Kier molecular flexibility index (Phi) is 6.52. The van der Waals surface area contributed by atoms with Crippen molar-refractivity contribution in [1.82, 2.24) is 25.0 Å². The monoisotopic (exact) mass is 565 g/mol. The van der Waals surface area contributed by atoms with Gasteiger partial charge in [0.05, 0.1) is 27.5 Å². The van der Waals surface area contributed by atoms with Crippen molar-refractivity contribution in [3.63, 3.8) is 0 Å². The van der Waals surface area contributed by atoms with Gasteiger partial charge in [0.25, 0.3) is 5.92 Å². The number of nitrogens with zero attached hydrogens (tertiary/aromatic N) is 7. The SMILES string of the molecule is O=C([N-]c1ccc2nnn(C3CC(F)(F)C3)c2n1)c1ncc(S(=O)(=O)C2CC2)cc1N1CCC2(CC1)CC2.[Na+]. The predicted molar refractivity (Wildman–Crippen MR) is 133 cm³/mol. The number of anilines is 1. The summed E-state index contributed by atoms with van der Waals surface area (Å²) in [6, 6.07) is 4.16. The molecule has 7 rings (SSSR count). The maximum absolute atomic E-state index is 13.4. The topological polar surface area (TPSA) is 125 Å². The van der Waals surface area contributed by atoms with E-state index in [2.05, 4.69) is 25.6 Å². The number of rotatable bonds is 6. The van der Waals surface area contributed by atoms with E-state index >= 15 is 0 Å². The second kappa shape index (κ2) is 9.42. The molecule has 39 heavy (non-hydrogen) atoms. The number of aromatic nitrogens is 5. The van der Waals surface area contributed by atoms with Crippen LogP contribution < -0.4 is 34.5 Å². The van der Waals surface area contributed by atoms with Gasteiger partial charge >= 0.3 is 29.6 Å². The van der Waals surface area contributed by atoms with Crippen LogP contribution >= 0.6 is 0 Å². The number of fused-ring (bicyclic) bond motifs is 1. The summed E-state index contributed by atoms with van der Waals surface area (Å²) in [6.07, 6.45) is 6.26. The van der Waals surface area contributed by atoms with Crippen molar-refractivity contribution in [2.24, 2.45) is 5.41 Å². The Labute approximate surface area is 246 Å². The molecule has 4 fully saturated rings. The third-order valence-electron chi connectivity index (χ3n) is 8.39. The Balaban J connectivity index is 0.00000277. The van der Waals surface area contributed by atoms with Gasteiger partial charge < -0.3 is 15.2 Å². The summed E-state index contributed by atoms with van der Waals surface area (Å²) in [7, 11) is -3.49. The van der Waals surface area contributed by atoms with E-state index in [4.69, 9.17) is 0 Å². The Bertz CT molecular complexity index is 1550. The van der Waals surface area contributed by atoms with Crippen molar-refractivity contribution >= 4 is 38.4 Å². The average Bonchev–Trinajstić information content (AvgIpc) is 3.81. The van der Waals surface area contributed by atoms with Crippen molar-refractivity contribution < 1.29 is 51.6 Å². The zero-order valence-electron chi connectivity index (χ0n) is 21.6. The first-order valence-electron chi connectivity index (χ1n) is 13.0. The molecular formula is C25H26F2N7NaO3S. The van der Waals surface area contributed by atoms with E-state index in [0.29, 0.717) is 29.5 Å². The van der Waals surface area contributed by atoms with E-state index in [0.717, 1.165) is 25.9 Å². The zero-order chi connectivity index (χ0) is 26.3. The van der Waals surface area contributed by atoms with Crippen LogP contribution in [0.25, 0.3) is 16.5 Å². The molecule has 1 saturated heterocycles. The van der Waals surface area contributed by atoms with Crippen molar-refractivity contribution in [2.75, 3.05) is 18.0 Å². The molecular weight excluding hydrogens is 539 g/mol. The minimum absolute atomic E-state index is 0. The van der Waals surface area contributed by atoms with Crippen molar-refractivity contribution in [1.29, 1.82) is 0 Å². The second-order valence-electron chi connectivity index (χ2n) is 11.2. The van der Waals surface area contributed by atoms with Gasteiger partial charge in [-0.25, -0.2) is 26.9 Å². The third kappa shape index (κ3) is 4.95. The minimum atomic E-state index is -3.49. The zero-order valence-corrected chi connectivity index (χ0v) is 24.4. The molecule has 0 radical (unpaired) electrons. The van der Waals surface area contributed by atoms with Crippen LogP contribution in [0.1, 0.15) is 67.9 Å². The Morgan fingerprint density at radius 2 is 1.79 bits per heavy atom. The fourth-order valence-corrected chi connectivity index (χ4v) is 7.17. The molecule has 0 bridgehead atoms. The summed E-state index contributed by atoms with van der Waals surface area (Å²) in [4.78, 5) is 24.2. The maximum atomic E-state index is 13.4. The summed E-state index contributed by atoms with van der Waals surface area (Å²) in [5.41, 5.74) is 1.64. The van der Waals surface area contributed by atoms with Crippen LogP contribution in [-0.2, 0) is 9.84 Å². The molecule has 3 aromatic heterocycles. The number of piperidine rings is 1. The van der Waals surface area contributed by atoms with E-state index in [9.17, 15) is 22.0 Å². The summed E-state index contributed by atoms with van der Waals surface area (Å²) in [5.74, 6) is -3.30. The number of alkyl halides is 2. The molecule has 4 aliphatic rings. The molecule has 1 spiro atoms. The van der Waals surface area contributed by atoms with Gasteiger partial charge in [0.2, 0.25) is 0 Å². The molecule has 0 N–H and O–H groups in total. The molecule has 4 heterocycles. The molecule has 0 atom stereocenters. The van der Waals surface area contributed by atoms with Crippen LogP contribution in [0, 0.1) is 5.41 Å². The summed E-state index contributed by atoms with van der Waals surface area (Å²) in [6.45, 7) is 1.44. The van der Waals surface area contributed by atoms with Crippen LogP contribution in [0.15, 0.2) is 29.3 Å². The number of amides is 1. The molecule has 14 heteroatoms. The number of hydrogen-bond donors (Lipinski definition) is 0. The molecule has 3 aromatic rings. The predicted octanol–water partition coefficient (Wildman–Crippen LogP) is 1.36. The van der Waals surface area contributed by atoms with E-state index in [1.807, 2.05) is 4.90 Å². The molecule has 0 unspecified atom stereocenters. The fourth-order valence-electron chi connectivity index (χ4n) is 5.55. The second-order valence-corrected chi connectivity index (χ2v) is 13.4. The molecule has 3 aliphatic carbocycles. The van der Waals surface area contributed by atoms with Gasteiger partial charge in [0.15, 0.2) is 15.7 Å². The summed E-state index contributed by atoms with van der Waals surface area (Å²) >= 11 is 0. The fraction of sp³-hybridized carbons (Fsp3) is 0.560. The van der Waals surface area contributed by atoms with E-state index in [-0.39, 0.29) is 69.7 Å². The van der Waals surface area contributed by atoms with Crippen molar-refractivity contribution in [2.45, 2.75) is 73.5 Å². The van der Waals surface area contributed by atoms with Crippen LogP contribution in [0.5, 0.6) is 0 Å². The minimum Gasteiger partial charge on any atom is -0.418 e. The molecule has 1 amide bonds. The smallest absolute Gasteiger partial charge is 0.418 e. The molecule has 200 valence electrons. The first-order valence-corrected chi connectivity index (χ1v) is 14.5. The first kappa shape index (κ1) is 27.0. The van der Waals surface area contributed by atoms with Gasteiger partial charge in [-0.1, -0.05) is 17.1 Å². The van der Waals surface area contributed by atoms with Gasteiger partial charge in [0, 0.05) is 32.1 Å². The first-order chi connectivity index (χ1) is 18.1. The number of sulfone groups is 1. The van der Waals surface area contributed by atoms with E-state index < -0.39 is 27.7 Å². The number of halogens is 2. The van der Waals surface area contributed by atoms with Crippen molar-refractivity contribution in [3.8, 4) is 0 Å². The van der Waals surface area contributed by atoms with Gasteiger partial charge in [0.1, 0.15) is 11.2 Å². The Morgan fingerprint density at radius 1 is 1.08 bits per heavy atom. The van der Waals surface area contributed by atoms with Crippen LogP contribution in [0.4, 0.5) is 20.3 Å². The standard InChI is InChI=1S/C25H27F2N7O3S.Na/c26-25(27)12-15(13-25)34-22-18(31-32-34)3-4-20(29-22)30-23(35)21-19(33-9-7-24(5-6-24)8-10-33)11-17(14-28-21)38(36,37)16-1-2-16;/h3-4,11,14-16H,1-2,5-10,12-13H2,(H,29,30,32,35);/q;+1/p-1. The summed E-state index contributed by atoms with van der Waals surface area (Å²) in [5, 5.41) is 11.7. The normalized spacial score (nSPS) is 21.8. The average molecular weight is 566 g/mol.